The van der Waals surface area contributed by atoms with Crippen LogP contribution in [0.5, 0.6) is 0 Å². The zero-order valence-corrected chi connectivity index (χ0v) is 27.0. The number of nitrogens with two attached hydrogens (primary N) is 2. The van der Waals surface area contributed by atoms with E-state index in [0.29, 0.717) is 35.1 Å². The van der Waals surface area contributed by atoms with E-state index < -0.39 is 41.3 Å². The number of aromatic amines is 1. The number of aromatic nitrogens is 5. The Kier molecular flexibility index (Phi) is 10.9. The Labute approximate surface area is 277 Å². The zero-order chi connectivity index (χ0) is 32.8. The van der Waals surface area contributed by atoms with Crippen LogP contribution in [0.2, 0.25) is 0 Å². The molecule has 5 heterocycles. The third-order valence-electron chi connectivity index (χ3n) is 6.69. The predicted molar refractivity (Wildman–Crippen MR) is 172 cm³/mol. The van der Waals surface area contributed by atoms with Gasteiger partial charge in [-0.3, -0.25) is 24.3 Å². The summed E-state index contributed by atoms with van der Waals surface area (Å²) in [5.74, 6) is -1.93. The number of aliphatic carboxylic acids is 1. The van der Waals surface area contributed by atoms with E-state index >= 15 is 0 Å². The quantitative estimate of drug-likeness (QED) is 0.0712. The highest BCUT2D eigenvalue weighted by molar-refractivity contribution is 8.06. The van der Waals surface area contributed by atoms with Gasteiger partial charge in [-0.25, -0.2) is 14.8 Å². The molecule has 46 heavy (non-hydrogen) atoms. The van der Waals surface area contributed by atoms with Crippen LogP contribution in [-0.2, 0) is 31.4 Å². The molecule has 1 fully saturated rings. The Morgan fingerprint density at radius 3 is 2.83 bits per heavy atom. The minimum absolute atomic E-state index is 0.0496. The van der Waals surface area contributed by atoms with Crippen molar-refractivity contribution in [2.45, 2.75) is 40.6 Å². The van der Waals surface area contributed by atoms with Gasteiger partial charge < -0.3 is 32.2 Å². The number of imidazole rings is 1. The molecule has 17 nitrogen and oxygen atoms in total. The van der Waals surface area contributed by atoms with Gasteiger partial charge in [-0.1, -0.05) is 11.8 Å². The fourth-order valence-corrected chi connectivity index (χ4v) is 8.44. The number of anilines is 1. The number of nitroso groups, excluding NO2 is 1. The van der Waals surface area contributed by atoms with Crippen molar-refractivity contribution in [2.75, 3.05) is 23.8 Å². The second-order valence-electron chi connectivity index (χ2n) is 9.75. The van der Waals surface area contributed by atoms with E-state index in [9.17, 15) is 29.2 Å². The molecule has 242 valence electrons. The van der Waals surface area contributed by atoms with Gasteiger partial charge in [0.15, 0.2) is 11.0 Å². The molecule has 8 N–H and O–H groups in total. The van der Waals surface area contributed by atoms with E-state index in [1.165, 1.54) is 41.6 Å². The van der Waals surface area contributed by atoms with E-state index in [-0.39, 0.29) is 28.3 Å². The second-order valence-corrected chi connectivity index (χ2v) is 13.9. The number of pyridine rings is 1. The fraction of sp³-hybridized carbons (Fsp3) is 0.360. The lowest BCUT2D eigenvalue weighted by Gasteiger charge is -2.49. The summed E-state index contributed by atoms with van der Waals surface area (Å²) < 4.78 is 3.84. The number of nitrogens with one attached hydrogen (secondary N) is 3. The molecule has 1 unspecified atom stereocenters. The molecule has 4 atom stereocenters. The number of carboxylic acids is 1. The lowest BCUT2D eigenvalue weighted by molar-refractivity contribution is -0.150. The van der Waals surface area contributed by atoms with Crippen LogP contribution in [0.15, 0.2) is 51.5 Å². The average molecular weight is 706 g/mol. The minimum Gasteiger partial charge on any atom is -0.477 e. The lowest BCUT2D eigenvalue weighted by atomic mass is 10.0. The molecule has 3 aromatic heterocycles. The van der Waals surface area contributed by atoms with Gasteiger partial charge in [-0.15, -0.1) is 16.7 Å². The third-order valence-corrected chi connectivity index (χ3v) is 10.9. The first-order valence-corrected chi connectivity index (χ1v) is 17.3. The molecule has 1 saturated heterocycles. The number of carbonyl (C=O) groups is 4. The Morgan fingerprint density at radius 1 is 1.30 bits per heavy atom. The number of β-lactam (4-membered cyclic amide) rings is 1. The zero-order valence-electron chi connectivity index (χ0n) is 23.7. The van der Waals surface area contributed by atoms with Crippen molar-refractivity contribution < 1.29 is 24.3 Å². The largest absolute Gasteiger partial charge is 0.477 e. The number of amides is 3. The van der Waals surface area contributed by atoms with Crippen molar-refractivity contribution >= 4 is 75.6 Å². The van der Waals surface area contributed by atoms with Crippen molar-refractivity contribution in [3.8, 4) is 0 Å². The van der Waals surface area contributed by atoms with Crippen LogP contribution in [0.25, 0.3) is 0 Å². The van der Waals surface area contributed by atoms with Crippen molar-refractivity contribution in [1.29, 1.82) is 0 Å². The molecule has 5 rings (SSSR count). The normalized spacial score (nSPS) is 18.7. The molecule has 0 bridgehead atoms. The number of thioether (sulfide) groups is 3. The van der Waals surface area contributed by atoms with E-state index in [2.05, 4.69) is 40.1 Å². The van der Waals surface area contributed by atoms with Gasteiger partial charge >= 0.3 is 5.97 Å². The molecule has 21 heteroatoms. The van der Waals surface area contributed by atoms with Gasteiger partial charge in [-0.05, 0) is 17.3 Å². The van der Waals surface area contributed by atoms with E-state index in [4.69, 9.17) is 11.5 Å². The summed E-state index contributed by atoms with van der Waals surface area (Å²) in [5.41, 5.74) is 12.8. The van der Waals surface area contributed by atoms with E-state index in [0.717, 1.165) is 27.0 Å². The van der Waals surface area contributed by atoms with Crippen LogP contribution in [0.3, 0.4) is 0 Å². The third kappa shape index (κ3) is 7.49. The van der Waals surface area contributed by atoms with Crippen LogP contribution in [0, 0.1) is 4.91 Å². The number of nitrogen functional groups attached to an aromatic ring is 1. The highest BCUT2D eigenvalue weighted by Gasteiger charge is 2.55. The maximum absolute atomic E-state index is 13.1. The van der Waals surface area contributed by atoms with Crippen molar-refractivity contribution in [2.24, 2.45) is 10.9 Å². The smallest absolute Gasteiger partial charge is 0.353 e. The number of hydrogen-bond donors (Lipinski definition) is 6. The summed E-state index contributed by atoms with van der Waals surface area (Å²) in [6, 6.07) is 0.182. The number of carbonyl (C=O) groups excluding carboxylic acids is 3. The number of rotatable bonds is 15. The monoisotopic (exact) mass is 705 g/mol. The summed E-state index contributed by atoms with van der Waals surface area (Å²) in [5, 5.41) is 17.5. The standard InChI is InChI=1S/C25H27N11O6S4/c26-12(6-11-7-28-10-31-11)20(37)30-4-5-43-8-13-14(2-1-3-29-13)45-15-9-44-23-17(22(39)36(23)18(15)24(40)41)32-21(38)16(34-42)19-33-25(27)46-35-19/h1-3,7,10,12,16-17,23H,4-6,8-9,26H2,(H,28,31)(H,30,37)(H,32,38)(H,40,41)(H2,27,33,35)/t12-,16?,17+,23-/m0/s1. The summed E-state index contributed by atoms with van der Waals surface area (Å²) in [4.78, 5) is 79.3. The van der Waals surface area contributed by atoms with Crippen LogP contribution in [-0.4, -0.2) is 93.5 Å². The molecule has 3 aromatic rings. The molecule has 3 amide bonds. The van der Waals surface area contributed by atoms with E-state index in [1.807, 2.05) is 6.07 Å². The predicted octanol–water partition coefficient (Wildman–Crippen LogP) is 0.454. The summed E-state index contributed by atoms with van der Waals surface area (Å²) in [6.07, 6.45) is 5.13. The van der Waals surface area contributed by atoms with Crippen LogP contribution >= 0.6 is 46.8 Å². The van der Waals surface area contributed by atoms with Gasteiger partial charge in [0.05, 0.1) is 18.1 Å². The molecule has 0 aromatic carbocycles. The Hall–Kier alpha value is -4.05. The minimum atomic E-state index is -1.60. The molecule has 0 saturated carbocycles. The Balaban J connectivity index is 1.17. The molecule has 0 spiro atoms. The van der Waals surface area contributed by atoms with Crippen LogP contribution in [0.4, 0.5) is 5.13 Å². The maximum atomic E-state index is 13.1. The molecule has 2 aliphatic rings. The Bertz CT molecular complexity index is 1650. The number of carboxylic acid groups (broad SMARTS) is 1. The van der Waals surface area contributed by atoms with Crippen molar-refractivity contribution in [3.63, 3.8) is 0 Å². The summed E-state index contributed by atoms with van der Waals surface area (Å²) in [6.45, 7) is 0.397. The number of fused-ring (bicyclic) bond motifs is 1. The first-order chi connectivity index (χ1) is 22.2. The molecular formula is C25H27N11O6S4. The van der Waals surface area contributed by atoms with Gasteiger partial charge in [0.2, 0.25) is 11.9 Å². The molecule has 0 radical (unpaired) electrons. The number of H-pyrrole nitrogens is 1. The second kappa shape index (κ2) is 15.0. The Morgan fingerprint density at radius 2 is 2.13 bits per heavy atom. The highest BCUT2D eigenvalue weighted by Crippen LogP contribution is 2.46. The van der Waals surface area contributed by atoms with Crippen molar-refractivity contribution in [1.82, 2.24) is 39.8 Å². The number of hydrogen-bond acceptors (Lipinski definition) is 16. The fourth-order valence-electron chi connectivity index (χ4n) is 4.50. The van der Waals surface area contributed by atoms with Gasteiger partial charge in [0.25, 0.3) is 11.8 Å². The van der Waals surface area contributed by atoms with Crippen molar-refractivity contribution in [3.05, 3.63) is 63.6 Å². The maximum Gasteiger partial charge on any atom is 0.353 e. The average Bonchev–Trinajstić information content (AvgIpc) is 3.72. The lowest BCUT2D eigenvalue weighted by Crippen LogP contribution is -2.70. The molecule has 0 aliphatic carbocycles. The van der Waals surface area contributed by atoms with Crippen LogP contribution < -0.4 is 22.1 Å². The highest BCUT2D eigenvalue weighted by atomic mass is 32.2. The SMILES string of the molecule is Nc1nc(C(N=O)C(=O)N[C@@H]2C(=O)N3C(C(=O)O)=C(Sc4cccnc4CSCCNC(=O)[C@@H](N)Cc4cnc[nH]4)CS[C@@H]23)ns1. The van der Waals surface area contributed by atoms with E-state index in [1.54, 1.807) is 18.5 Å². The summed E-state index contributed by atoms with van der Waals surface area (Å²) >= 11 is 4.82. The van der Waals surface area contributed by atoms with Gasteiger partial charge in [0, 0.05) is 69.6 Å². The molecule has 2 aliphatic heterocycles. The number of nitrogens with zero attached hydrogens (tertiary/aromatic N) is 6. The van der Waals surface area contributed by atoms with Crippen LogP contribution in [0.1, 0.15) is 23.3 Å². The topological polar surface area (TPSA) is 265 Å². The first-order valence-electron chi connectivity index (χ1n) is 13.5. The van der Waals surface area contributed by atoms with Gasteiger partial charge in [0.1, 0.15) is 17.1 Å². The first kappa shape index (κ1) is 33.3. The molecular weight excluding hydrogens is 679 g/mol. The summed E-state index contributed by atoms with van der Waals surface area (Å²) in [7, 11) is 0. The van der Waals surface area contributed by atoms with Gasteiger partial charge in [-0.2, -0.15) is 16.1 Å².